The first kappa shape index (κ1) is 14.3. The zero-order valence-electron chi connectivity index (χ0n) is 11.1. The summed E-state index contributed by atoms with van der Waals surface area (Å²) in [6.07, 6.45) is 3.86. The molecule has 110 valence electrons. The Labute approximate surface area is 116 Å². The van der Waals surface area contributed by atoms with Gasteiger partial charge in [-0.3, -0.25) is 4.79 Å². The summed E-state index contributed by atoms with van der Waals surface area (Å²) in [5.41, 5.74) is 0. The molecular weight excluding hydrogens is 264 g/mol. The Bertz CT molecular complexity index is 448. The number of aliphatic carboxylic acids is 1. The molecular formula is C12H18N4O4. The van der Waals surface area contributed by atoms with Crippen LogP contribution in [-0.4, -0.2) is 45.2 Å². The molecule has 2 rings (SSSR count). The van der Waals surface area contributed by atoms with Gasteiger partial charge in [0.15, 0.2) is 5.82 Å². The fraction of sp³-hybridized carbons (Fsp3) is 0.667. The van der Waals surface area contributed by atoms with E-state index in [1.807, 2.05) is 0 Å². The van der Waals surface area contributed by atoms with Crippen molar-refractivity contribution in [3.05, 3.63) is 12.2 Å². The molecule has 8 nitrogen and oxygen atoms in total. The molecule has 0 radical (unpaired) electrons. The van der Waals surface area contributed by atoms with Crippen molar-refractivity contribution in [3.8, 4) is 0 Å². The molecule has 1 fully saturated rings. The fourth-order valence-corrected chi connectivity index (χ4v) is 2.35. The van der Waals surface area contributed by atoms with Crippen LogP contribution in [0.1, 0.15) is 31.5 Å². The maximum absolute atomic E-state index is 12.0. The lowest BCUT2D eigenvalue weighted by molar-refractivity contribution is -0.137. The molecule has 1 aliphatic rings. The lowest BCUT2D eigenvalue weighted by Gasteiger charge is -2.32. The Balaban J connectivity index is 1.76. The highest BCUT2D eigenvalue weighted by atomic mass is 16.5. The van der Waals surface area contributed by atoms with E-state index < -0.39 is 5.97 Å². The van der Waals surface area contributed by atoms with E-state index in [0.717, 1.165) is 12.8 Å². The molecule has 1 aromatic heterocycles. The van der Waals surface area contributed by atoms with E-state index in [2.05, 4.69) is 20.0 Å². The number of nitrogens with one attached hydrogen (secondary N) is 1. The second-order valence-electron chi connectivity index (χ2n) is 4.89. The van der Waals surface area contributed by atoms with E-state index >= 15 is 0 Å². The van der Waals surface area contributed by atoms with Gasteiger partial charge < -0.3 is 19.8 Å². The lowest BCUT2D eigenvalue weighted by atomic mass is 9.93. The number of hydrogen-bond donors (Lipinski definition) is 2. The van der Waals surface area contributed by atoms with Gasteiger partial charge in [0, 0.05) is 19.5 Å². The van der Waals surface area contributed by atoms with Crippen molar-refractivity contribution in [3.63, 3.8) is 0 Å². The van der Waals surface area contributed by atoms with Gasteiger partial charge in [0.2, 0.25) is 6.39 Å². The fourth-order valence-electron chi connectivity index (χ4n) is 2.35. The molecule has 1 saturated heterocycles. The van der Waals surface area contributed by atoms with Gasteiger partial charge in [0.05, 0.1) is 6.54 Å². The van der Waals surface area contributed by atoms with Gasteiger partial charge in [-0.25, -0.2) is 4.79 Å². The first-order valence-corrected chi connectivity index (χ1v) is 6.65. The Morgan fingerprint density at radius 3 is 3.10 bits per heavy atom. The third-order valence-corrected chi connectivity index (χ3v) is 3.38. The molecule has 0 spiro atoms. The van der Waals surface area contributed by atoms with Crippen LogP contribution in [0, 0.1) is 5.92 Å². The largest absolute Gasteiger partial charge is 0.481 e. The third kappa shape index (κ3) is 4.22. The molecule has 0 bridgehead atoms. The summed E-state index contributed by atoms with van der Waals surface area (Å²) in [5.74, 6) is -0.0998. The van der Waals surface area contributed by atoms with Crippen LogP contribution < -0.4 is 5.32 Å². The first-order valence-electron chi connectivity index (χ1n) is 6.65. The Morgan fingerprint density at radius 1 is 1.55 bits per heavy atom. The molecule has 2 amide bonds. The van der Waals surface area contributed by atoms with Gasteiger partial charge in [-0.1, -0.05) is 5.16 Å². The number of carboxylic acid groups (broad SMARTS) is 1. The molecule has 1 aliphatic heterocycles. The number of carbonyl (C=O) groups is 2. The first-order chi connectivity index (χ1) is 9.65. The summed E-state index contributed by atoms with van der Waals surface area (Å²) in [6, 6.07) is -0.171. The smallest absolute Gasteiger partial charge is 0.317 e. The van der Waals surface area contributed by atoms with Crippen molar-refractivity contribution in [2.45, 2.75) is 32.2 Å². The number of rotatable bonds is 5. The van der Waals surface area contributed by atoms with Gasteiger partial charge in [-0.2, -0.15) is 4.98 Å². The van der Waals surface area contributed by atoms with E-state index in [-0.39, 0.29) is 24.9 Å². The van der Waals surface area contributed by atoms with E-state index in [4.69, 9.17) is 5.11 Å². The maximum Gasteiger partial charge on any atom is 0.317 e. The predicted octanol–water partition coefficient (Wildman–Crippen LogP) is 0.856. The van der Waals surface area contributed by atoms with Crippen LogP contribution in [0.15, 0.2) is 10.9 Å². The van der Waals surface area contributed by atoms with Gasteiger partial charge in [-0.15, -0.1) is 0 Å². The number of aromatic nitrogens is 2. The van der Waals surface area contributed by atoms with Crippen molar-refractivity contribution in [2.24, 2.45) is 5.92 Å². The molecule has 20 heavy (non-hydrogen) atoms. The minimum absolute atomic E-state index is 0.156. The summed E-state index contributed by atoms with van der Waals surface area (Å²) in [4.78, 5) is 28.1. The number of urea groups is 1. The maximum atomic E-state index is 12.0. The predicted molar refractivity (Wildman–Crippen MR) is 67.7 cm³/mol. The standard InChI is InChI=1S/C12H18N4O4/c17-11(18)4-3-9-2-1-5-16(7-9)12(19)13-6-10-14-8-20-15-10/h8-9H,1-7H2,(H,13,19)(H,17,18). The van der Waals surface area contributed by atoms with Crippen molar-refractivity contribution in [1.82, 2.24) is 20.4 Å². The molecule has 0 aromatic carbocycles. The Kier molecular flexibility index (Phi) is 4.91. The number of nitrogens with zero attached hydrogens (tertiary/aromatic N) is 3. The van der Waals surface area contributed by atoms with Gasteiger partial charge in [0.25, 0.3) is 0 Å². The van der Waals surface area contributed by atoms with Gasteiger partial charge in [-0.05, 0) is 25.2 Å². The number of hydrogen-bond acceptors (Lipinski definition) is 5. The minimum Gasteiger partial charge on any atom is -0.481 e. The summed E-state index contributed by atoms with van der Waals surface area (Å²) in [5, 5.41) is 15.0. The summed E-state index contributed by atoms with van der Waals surface area (Å²) in [6.45, 7) is 1.53. The lowest BCUT2D eigenvalue weighted by Crippen LogP contribution is -2.45. The van der Waals surface area contributed by atoms with E-state index in [9.17, 15) is 9.59 Å². The second-order valence-corrected chi connectivity index (χ2v) is 4.89. The highest BCUT2D eigenvalue weighted by Gasteiger charge is 2.24. The van der Waals surface area contributed by atoms with E-state index in [0.29, 0.717) is 25.3 Å². The molecule has 0 aliphatic carbocycles. The number of amides is 2. The Morgan fingerprint density at radius 2 is 2.40 bits per heavy atom. The number of likely N-dealkylation sites (tertiary alicyclic amines) is 1. The normalized spacial score (nSPS) is 18.8. The van der Waals surface area contributed by atoms with Crippen LogP contribution in [0.2, 0.25) is 0 Å². The highest BCUT2D eigenvalue weighted by molar-refractivity contribution is 5.74. The average Bonchev–Trinajstić information content (AvgIpc) is 2.96. The van der Waals surface area contributed by atoms with Crippen LogP contribution in [0.4, 0.5) is 4.79 Å². The molecule has 1 aromatic rings. The molecule has 2 N–H and O–H groups in total. The second kappa shape index (κ2) is 6.88. The average molecular weight is 282 g/mol. The molecule has 1 unspecified atom stereocenters. The zero-order valence-corrected chi connectivity index (χ0v) is 11.1. The topological polar surface area (TPSA) is 109 Å². The van der Waals surface area contributed by atoms with Crippen LogP contribution in [0.3, 0.4) is 0 Å². The van der Waals surface area contributed by atoms with Crippen molar-refractivity contribution >= 4 is 12.0 Å². The SMILES string of the molecule is O=C(O)CCC1CCCN(C(=O)NCc2ncon2)C1. The summed E-state index contributed by atoms with van der Waals surface area (Å²) < 4.78 is 4.58. The number of carbonyl (C=O) groups excluding carboxylic acids is 1. The van der Waals surface area contributed by atoms with Crippen LogP contribution in [0.5, 0.6) is 0 Å². The van der Waals surface area contributed by atoms with Crippen LogP contribution in [-0.2, 0) is 11.3 Å². The molecule has 2 heterocycles. The highest BCUT2D eigenvalue weighted by Crippen LogP contribution is 2.20. The third-order valence-electron chi connectivity index (χ3n) is 3.38. The molecule has 8 heteroatoms. The van der Waals surface area contributed by atoms with E-state index in [1.54, 1.807) is 4.90 Å². The van der Waals surface area contributed by atoms with Crippen molar-refractivity contribution in [2.75, 3.05) is 13.1 Å². The number of carboxylic acids is 1. The number of piperidine rings is 1. The summed E-state index contributed by atoms with van der Waals surface area (Å²) in [7, 11) is 0. The van der Waals surface area contributed by atoms with Crippen LogP contribution >= 0.6 is 0 Å². The molecule has 1 atom stereocenters. The zero-order chi connectivity index (χ0) is 14.4. The summed E-state index contributed by atoms with van der Waals surface area (Å²) >= 11 is 0. The Hall–Kier alpha value is -2.12. The van der Waals surface area contributed by atoms with Crippen molar-refractivity contribution < 1.29 is 19.2 Å². The van der Waals surface area contributed by atoms with Crippen LogP contribution in [0.25, 0.3) is 0 Å². The quantitative estimate of drug-likeness (QED) is 0.829. The molecule has 0 saturated carbocycles. The minimum atomic E-state index is -0.788. The van der Waals surface area contributed by atoms with Gasteiger partial charge >= 0.3 is 12.0 Å². The monoisotopic (exact) mass is 282 g/mol. The van der Waals surface area contributed by atoms with Gasteiger partial charge in [0.1, 0.15) is 0 Å². The van der Waals surface area contributed by atoms with E-state index in [1.165, 1.54) is 6.39 Å². The van der Waals surface area contributed by atoms with Crippen molar-refractivity contribution in [1.29, 1.82) is 0 Å².